The summed E-state index contributed by atoms with van der Waals surface area (Å²) < 4.78 is 43.0. The molecule has 22 heavy (non-hydrogen) atoms. The van der Waals surface area contributed by atoms with Crippen LogP contribution in [0.5, 0.6) is 0 Å². The van der Waals surface area contributed by atoms with E-state index in [4.69, 9.17) is 5.73 Å². The Morgan fingerprint density at radius 1 is 1.41 bits per heavy atom. The van der Waals surface area contributed by atoms with Gasteiger partial charge in [-0.2, -0.15) is 13.2 Å². The van der Waals surface area contributed by atoms with Crippen LogP contribution in [0, 0.1) is 5.92 Å². The lowest BCUT2D eigenvalue weighted by Gasteiger charge is -2.21. The van der Waals surface area contributed by atoms with Crippen molar-refractivity contribution in [1.29, 1.82) is 0 Å². The molecule has 1 aliphatic heterocycles. The zero-order chi connectivity index (χ0) is 16.5. The summed E-state index contributed by atoms with van der Waals surface area (Å²) in [6, 6.07) is 1.74. The molecule has 1 aromatic rings. The second kappa shape index (κ2) is 5.82. The Morgan fingerprint density at radius 2 is 2.09 bits per heavy atom. The van der Waals surface area contributed by atoms with Gasteiger partial charge in [-0.3, -0.25) is 4.79 Å². The van der Waals surface area contributed by atoms with E-state index < -0.39 is 29.7 Å². The molecule has 1 saturated heterocycles. The van der Waals surface area contributed by atoms with E-state index >= 15 is 0 Å². The topological polar surface area (TPSA) is 85.5 Å². The fourth-order valence-corrected chi connectivity index (χ4v) is 2.30. The van der Waals surface area contributed by atoms with E-state index in [1.807, 2.05) is 0 Å². The van der Waals surface area contributed by atoms with E-state index in [2.05, 4.69) is 9.72 Å². The van der Waals surface area contributed by atoms with Crippen molar-refractivity contribution in [3.8, 4) is 0 Å². The molecule has 1 aliphatic rings. The van der Waals surface area contributed by atoms with Crippen molar-refractivity contribution in [1.82, 2.24) is 4.98 Å². The Hall–Kier alpha value is -2.32. The number of methoxy groups -OCH3 is 1. The van der Waals surface area contributed by atoms with Gasteiger partial charge in [0.2, 0.25) is 5.91 Å². The number of nitrogens with two attached hydrogens (primary N) is 1. The predicted octanol–water partition coefficient (Wildman–Crippen LogP) is 1.20. The summed E-state index contributed by atoms with van der Waals surface area (Å²) in [5, 5.41) is 0. The maximum Gasteiger partial charge on any atom is 0.433 e. The number of nitrogens with zero attached hydrogens (tertiary/aromatic N) is 2. The van der Waals surface area contributed by atoms with Crippen LogP contribution in [-0.2, 0) is 15.7 Å². The molecular formula is C13H14F3N3O3. The van der Waals surface area contributed by atoms with E-state index in [1.54, 1.807) is 0 Å². The smallest absolute Gasteiger partial charge is 0.433 e. The van der Waals surface area contributed by atoms with Crippen LogP contribution in [0.1, 0.15) is 22.5 Å². The minimum absolute atomic E-state index is 0.0828. The number of ether oxygens (including phenoxy) is 1. The van der Waals surface area contributed by atoms with Gasteiger partial charge in [0, 0.05) is 13.1 Å². The van der Waals surface area contributed by atoms with E-state index in [1.165, 1.54) is 4.90 Å². The number of rotatable bonds is 3. The molecule has 6 nitrogen and oxygen atoms in total. The maximum atomic E-state index is 12.8. The van der Waals surface area contributed by atoms with E-state index in [0.717, 1.165) is 19.2 Å². The van der Waals surface area contributed by atoms with E-state index in [9.17, 15) is 22.8 Å². The zero-order valence-corrected chi connectivity index (χ0v) is 11.7. The molecule has 0 radical (unpaired) electrons. The van der Waals surface area contributed by atoms with Gasteiger partial charge in [-0.05, 0) is 18.6 Å². The van der Waals surface area contributed by atoms with E-state index in [0.29, 0.717) is 6.42 Å². The Morgan fingerprint density at radius 3 is 2.59 bits per heavy atom. The lowest BCUT2D eigenvalue weighted by molar-refractivity contribution is -0.141. The van der Waals surface area contributed by atoms with Crippen molar-refractivity contribution in [3.63, 3.8) is 0 Å². The molecule has 2 rings (SSSR count). The highest BCUT2D eigenvalue weighted by molar-refractivity contribution is 5.95. The first-order chi connectivity index (χ1) is 10.2. The first kappa shape index (κ1) is 16.1. The number of hydrogen-bond acceptors (Lipinski definition) is 5. The average molecular weight is 317 g/mol. The number of carbonyl (C=O) groups excluding carboxylic acids is 2. The van der Waals surface area contributed by atoms with Gasteiger partial charge >= 0.3 is 12.1 Å². The third kappa shape index (κ3) is 3.12. The minimum Gasteiger partial charge on any atom is -0.465 e. The van der Waals surface area contributed by atoms with Crippen LogP contribution >= 0.6 is 0 Å². The molecule has 2 N–H and O–H groups in total. The monoisotopic (exact) mass is 317 g/mol. The number of pyridine rings is 1. The fraction of sp³-hybridized carbons (Fsp3) is 0.462. The fourth-order valence-electron chi connectivity index (χ4n) is 2.30. The highest BCUT2D eigenvalue weighted by atomic mass is 19.4. The molecule has 1 unspecified atom stereocenters. The molecule has 1 amide bonds. The molecule has 0 aliphatic carbocycles. The van der Waals surface area contributed by atoms with Gasteiger partial charge in [0.1, 0.15) is 17.1 Å². The van der Waals surface area contributed by atoms with Crippen molar-refractivity contribution in [3.05, 3.63) is 23.4 Å². The number of aromatic nitrogens is 1. The number of alkyl halides is 3. The van der Waals surface area contributed by atoms with Crippen LogP contribution in [0.25, 0.3) is 0 Å². The molecule has 1 aromatic heterocycles. The van der Waals surface area contributed by atoms with Crippen LogP contribution in [0.4, 0.5) is 19.0 Å². The van der Waals surface area contributed by atoms with Crippen LogP contribution in [0.2, 0.25) is 0 Å². The van der Waals surface area contributed by atoms with Gasteiger partial charge in [0.05, 0.1) is 13.0 Å². The normalized spacial score (nSPS) is 18.4. The number of halogens is 3. The lowest BCUT2D eigenvalue weighted by atomic mass is 10.1. The number of primary amides is 1. The van der Waals surface area contributed by atoms with Gasteiger partial charge in [0.15, 0.2) is 0 Å². The first-order valence-electron chi connectivity index (χ1n) is 6.45. The summed E-state index contributed by atoms with van der Waals surface area (Å²) in [4.78, 5) is 27.9. The van der Waals surface area contributed by atoms with Crippen LogP contribution in [0.15, 0.2) is 12.1 Å². The van der Waals surface area contributed by atoms with Crippen molar-refractivity contribution < 1.29 is 27.5 Å². The maximum absolute atomic E-state index is 12.8. The van der Waals surface area contributed by atoms with Gasteiger partial charge in [-0.15, -0.1) is 0 Å². The lowest BCUT2D eigenvalue weighted by Crippen LogP contribution is -2.29. The summed E-state index contributed by atoms with van der Waals surface area (Å²) in [6.07, 6.45) is -4.24. The SMILES string of the molecule is COC(=O)c1ccc(C(F)(F)F)nc1N1CCC(C(N)=O)C1. The summed E-state index contributed by atoms with van der Waals surface area (Å²) in [5.74, 6) is -1.96. The molecule has 0 bridgehead atoms. The van der Waals surface area contributed by atoms with Crippen molar-refractivity contribution in [2.75, 3.05) is 25.1 Å². The largest absolute Gasteiger partial charge is 0.465 e. The summed E-state index contributed by atoms with van der Waals surface area (Å²) in [5.41, 5.74) is 4.01. The Bertz CT molecular complexity index is 604. The number of hydrogen-bond donors (Lipinski definition) is 1. The summed E-state index contributed by atoms with van der Waals surface area (Å²) in [6.45, 7) is 0.402. The molecule has 1 fully saturated rings. The number of anilines is 1. The summed E-state index contributed by atoms with van der Waals surface area (Å²) >= 11 is 0. The second-order valence-electron chi connectivity index (χ2n) is 4.89. The third-order valence-electron chi connectivity index (χ3n) is 3.46. The Balaban J connectivity index is 2.42. The highest BCUT2D eigenvalue weighted by Gasteiger charge is 2.36. The molecule has 0 saturated carbocycles. The van der Waals surface area contributed by atoms with Crippen molar-refractivity contribution in [2.24, 2.45) is 11.7 Å². The van der Waals surface area contributed by atoms with Crippen molar-refractivity contribution >= 4 is 17.7 Å². The van der Waals surface area contributed by atoms with Crippen LogP contribution < -0.4 is 10.6 Å². The van der Waals surface area contributed by atoms with E-state index in [-0.39, 0.29) is 24.5 Å². The van der Waals surface area contributed by atoms with Gasteiger partial charge in [0.25, 0.3) is 0 Å². The zero-order valence-electron chi connectivity index (χ0n) is 11.7. The molecule has 2 heterocycles. The average Bonchev–Trinajstić information content (AvgIpc) is 2.94. The standard InChI is InChI=1S/C13H14F3N3O3/c1-22-12(21)8-2-3-9(13(14,15)16)18-11(8)19-5-4-7(6-19)10(17)20/h2-3,7H,4-6H2,1H3,(H2,17,20). The predicted molar refractivity (Wildman–Crippen MR) is 70.1 cm³/mol. The molecule has 0 aromatic carbocycles. The van der Waals surface area contributed by atoms with Gasteiger partial charge < -0.3 is 15.4 Å². The van der Waals surface area contributed by atoms with Crippen LogP contribution in [-0.4, -0.2) is 37.1 Å². The van der Waals surface area contributed by atoms with Gasteiger partial charge in [-0.1, -0.05) is 0 Å². The van der Waals surface area contributed by atoms with Crippen molar-refractivity contribution in [2.45, 2.75) is 12.6 Å². The number of carbonyl (C=O) groups is 2. The molecular weight excluding hydrogens is 303 g/mol. The Kier molecular flexibility index (Phi) is 4.25. The summed E-state index contributed by atoms with van der Waals surface area (Å²) in [7, 11) is 1.12. The Labute approximate surface area is 124 Å². The molecule has 9 heteroatoms. The highest BCUT2D eigenvalue weighted by Crippen LogP contribution is 2.32. The molecule has 0 spiro atoms. The number of amides is 1. The number of esters is 1. The third-order valence-corrected chi connectivity index (χ3v) is 3.46. The minimum atomic E-state index is -4.63. The van der Waals surface area contributed by atoms with Crippen LogP contribution in [0.3, 0.4) is 0 Å². The van der Waals surface area contributed by atoms with Gasteiger partial charge in [-0.25, -0.2) is 9.78 Å². The second-order valence-corrected chi connectivity index (χ2v) is 4.89. The first-order valence-corrected chi connectivity index (χ1v) is 6.45. The quantitative estimate of drug-likeness (QED) is 0.847. The molecule has 1 atom stereocenters. The molecule has 120 valence electrons.